The first-order chi connectivity index (χ1) is 13.7. The minimum atomic E-state index is 0.763. The molecule has 0 amide bonds. The summed E-state index contributed by atoms with van der Waals surface area (Å²) in [5, 5.41) is 0. The molecular formula is C25H36N2O. The molecule has 1 aromatic carbocycles. The Morgan fingerprint density at radius 3 is 2.43 bits per heavy atom. The van der Waals surface area contributed by atoms with Gasteiger partial charge in [0.15, 0.2) is 5.82 Å². The van der Waals surface area contributed by atoms with Crippen molar-refractivity contribution < 1.29 is 4.74 Å². The molecule has 3 heteroatoms. The van der Waals surface area contributed by atoms with E-state index in [1.54, 1.807) is 0 Å². The molecule has 2 aromatic rings. The van der Waals surface area contributed by atoms with E-state index in [1.165, 1.54) is 37.7 Å². The molecule has 0 aliphatic carbocycles. The van der Waals surface area contributed by atoms with E-state index in [0.29, 0.717) is 0 Å². The lowest BCUT2D eigenvalue weighted by molar-refractivity contribution is 0.307. The minimum Gasteiger partial charge on any atom is -0.494 e. The van der Waals surface area contributed by atoms with Crippen molar-refractivity contribution in [1.82, 2.24) is 9.97 Å². The zero-order valence-electron chi connectivity index (χ0n) is 17.9. The van der Waals surface area contributed by atoms with Crippen molar-refractivity contribution in [3.05, 3.63) is 54.4 Å². The third-order valence-corrected chi connectivity index (χ3v) is 5.20. The second-order valence-electron chi connectivity index (χ2n) is 7.61. The fourth-order valence-corrected chi connectivity index (χ4v) is 3.08. The van der Waals surface area contributed by atoms with Crippen molar-refractivity contribution in [3.8, 4) is 17.1 Å². The van der Waals surface area contributed by atoms with Crippen LogP contribution in [0.4, 0.5) is 0 Å². The van der Waals surface area contributed by atoms with Gasteiger partial charge in [-0.3, -0.25) is 0 Å². The molecule has 1 atom stereocenters. The lowest BCUT2D eigenvalue weighted by Crippen LogP contribution is -1.97. The molecule has 3 nitrogen and oxygen atoms in total. The van der Waals surface area contributed by atoms with Crippen LogP contribution >= 0.6 is 0 Å². The third kappa shape index (κ3) is 8.24. The van der Waals surface area contributed by atoms with Gasteiger partial charge in [0.25, 0.3) is 0 Å². The van der Waals surface area contributed by atoms with Crippen molar-refractivity contribution in [3.63, 3.8) is 0 Å². The highest BCUT2D eigenvalue weighted by Gasteiger charge is 2.04. The Bertz CT molecular complexity index is 677. The Morgan fingerprint density at radius 1 is 1.00 bits per heavy atom. The molecule has 0 unspecified atom stereocenters. The molecule has 0 radical (unpaired) electrons. The number of aryl methyl sites for hydroxylation is 1. The number of ether oxygens (including phenoxy) is 1. The van der Waals surface area contributed by atoms with Gasteiger partial charge in [0.2, 0.25) is 0 Å². The molecule has 0 aliphatic heterocycles. The highest BCUT2D eigenvalue weighted by molar-refractivity contribution is 5.55. The zero-order chi connectivity index (χ0) is 20.0. The summed E-state index contributed by atoms with van der Waals surface area (Å²) in [5.74, 6) is 2.53. The number of hydrogen-bond acceptors (Lipinski definition) is 3. The fourth-order valence-electron chi connectivity index (χ4n) is 3.08. The van der Waals surface area contributed by atoms with E-state index < -0.39 is 0 Å². The van der Waals surface area contributed by atoms with Gasteiger partial charge in [0, 0.05) is 18.0 Å². The van der Waals surface area contributed by atoms with E-state index >= 15 is 0 Å². The summed E-state index contributed by atoms with van der Waals surface area (Å²) >= 11 is 0. The number of unbranched alkanes of at least 4 members (excludes halogenated alkanes) is 3. The summed E-state index contributed by atoms with van der Waals surface area (Å²) in [4.78, 5) is 9.11. The fraction of sp³-hybridized carbons (Fsp3) is 0.520. The van der Waals surface area contributed by atoms with Crippen LogP contribution in [-0.2, 0) is 6.42 Å². The van der Waals surface area contributed by atoms with Crippen LogP contribution in [0.25, 0.3) is 11.4 Å². The van der Waals surface area contributed by atoms with Gasteiger partial charge in [-0.05, 0) is 74.8 Å². The third-order valence-electron chi connectivity index (χ3n) is 5.20. The second-order valence-corrected chi connectivity index (χ2v) is 7.61. The summed E-state index contributed by atoms with van der Waals surface area (Å²) in [6.45, 7) is 7.42. The van der Waals surface area contributed by atoms with E-state index in [4.69, 9.17) is 4.74 Å². The average Bonchev–Trinajstić information content (AvgIpc) is 2.74. The van der Waals surface area contributed by atoms with Gasteiger partial charge in [-0.1, -0.05) is 45.3 Å². The van der Waals surface area contributed by atoms with Crippen LogP contribution in [0.5, 0.6) is 5.75 Å². The maximum Gasteiger partial charge on any atom is 0.159 e. The van der Waals surface area contributed by atoms with E-state index in [9.17, 15) is 0 Å². The monoisotopic (exact) mass is 380 g/mol. The van der Waals surface area contributed by atoms with Crippen molar-refractivity contribution in [2.75, 3.05) is 6.61 Å². The minimum absolute atomic E-state index is 0.763. The molecule has 152 valence electrons. The standard InChI is InChI=1S/C25H36N2O/c1-4-6-7-8-11-18-28-24-16-14-23(15-17-24)25-26-19-22(20-27-25)13-10-9-12-21(3)5-2/h4,6,14-17,19-21H,5,7-13,18H2,1-3H3/t21-/m0/s1. The van der Waals surface area contributed by atoms with Crippen LogP contribution < -0.4 is 4.74 Å². The average molecular weight is 381 g/mol. The van der Waals surface area contributed by atoms with Crippen LogP contribution in [0.15, 0.2) is 48.8 Å². The molecule has 0 saturated heterocycles. The van der Waals surface area contributed by atoms with Crippen molar-refractivity contribution in [1.29, 1.82) is 0 Å². The Balaban J connectivity index is 1.75. The molecule has 0 spiro atoms. The first kappa shape index (κ1) is 22.1. The Kier molecular flexibility index (Phi) is 10.3. The molecule has 0 aliphatic rings. The molecule has 2 rings (SSSR count). The van der Waals surface area contributed by atoms with Gasteiger partial charge in [-0.2, -0.15) is 0 Å². The van der Waals surface area contributed by atoms with E-state index in [-0.39, 0.29) is 0 Å². The summed E-state index contributed by atoms with van der Waals surface area (Å²) in [7, 11) is 0. The topological polar surface area (TPSA) is 35.0 Å². The Morgan fingerprint density at radius 2 is 1.75 bits per heavy atom. The lowest BCUT2D eigenvalue weighted by atomic mass is 10.00. The molecule has 0 N–H and O–H groups in total. The highest BCUT2D eigenvalue weighted by atomic mass is 16.5. The van der Waals surface area contributed by atoms with E-state index in [1.807, 2.05) is 36.7 Å². The Hall–Kier alpha value is -2.16. The molecule has 0 saturated carbocycles. The first-order valence-corrected chi connectivity index (χ1v) is 10.9. The number of benzene rings is 1. The van der Waals surface area contributed by atoms with Crippen LogP contribution in [0.2, 0.25) is 0 Å². The maximum absolute atomic E-state index is 5.81. The molecule has 1 aromatic heterocycles. The summed E-state index contributed by atoms with van der Waals surface area (Å²) < 4.78 is 5.81. The predicted octanol–water partition coefficient (Wildman–Crippen LogP) is 7.03. The highest BCUT2D eigenvalue weighted by Crippen LogP contribution is 2.20. The molecular weight excluding hydrogens is 344 g/mol. The molecule has 28 heavy (non-hydrogen) atoms. The smallest absolute Gasteiger partial charge is 0.159 e. The van der Waals surface area contributed by atoms with Crippen molar-refractivity contribution in [2.45, 2.75) is 72.1 Å². The Labute approximate surface area is 171 Å². The van der Waals surface area contributed by atoms with Gasteiger partial charge in [-0.15, -0.1) is 0 Å². The van der Waals surface area contributed by atoms with Gasteiger partial charge in [-0.25, -0.2) is 9.97 Å². The van der Waals surface area contributed by atoms with E-state index in [0.717, 1.165) is 48.9 Å². The summed E-state index contributed by atoms with van der Waals surface area (Å²) in [5.41, 5.74) is 2.26. The lowest BCUT2D eigenvalue weighted by Gasteiger charge is -2.08. The largest absolute Gasteiger partial charge is 0.494 e. The van der Waals surface area contributed by atoms with Gasteiger partial charge < -0.3 is 4.74 Å². The van der Waals surface area contributed by atoms with Crippen LogP contribution in [0.3, 0.4) is 0 Å². The van der Waals surface area contributed by atoms with Crippen LogP contribution in [0, 0.1) is 5.92 Å². The van der Waals surface area contributed by atoms with Crippen molar-refractivity contribution in [2.24, 2.45) is 5.92 Å². The molecule has 0 bridgehead atoms. The van der Waals surface area contributed by atoms with Crippen LogP contribution in [0.1, 0.15) is 71.3 Å². The summed E-state index contributed by atoms with van der Waals surface area (Å²) in [6, 6.07) is 8.09. The van der Waals surface area contributed by atoms with Crippen LogP contribution in [-0.4, -0.2) is 16.6 Å². The van der Waals surface area contributed by atoms with Gasteiger partial charge in [0.05, 0.1) is 6.61 Å². The van der Waals surface area contributed by atoms with Crippen molar-refractivity contribution >= 4 is 0 Å². The maximum atomic E-state index is 5.81. The predicted molar refractivity (Wildman–Crippen MR) is 119 cm³/mol. The summed E-state index contributed by atoms with van der Waals surface area (Å²) in [6.07, 6.45) is 17.8. The number of aromatic nitrogens is 2. The normalized spacial score (nSPS) is 12.4. The SMILES string of the molecule is CC=CCCCCOc1ccc(-c2ncc(CCCC[C@@H](C)CC)cn2)cc1. The van der Waals surface area contributed by atoms with E-state index in [2.05, 4.69) is 42.9 Å². The number of allylic oxidation sites excluding steroid dienone is 2. The quantitative estimate of drug-likeness (QED) is 0.276. The van der Waals surface area contributed by atoms with Gasteiger partial charge >= 0.3 is 0 Å². The number of nitrogens with zero attached hydrogens (tertiary/aromatic N) is 2. The second kappa shape index (κ2) is 13.1. The zero-order valence-corrected chi connectivity index (χ0v) is 17.9. The number of hydrogen-bond donors (Lipinski definition) is 0. The molecule has 0 fully saturated rings. The first-order valence-electron chi connectivity index (χ1n) is 10.9. The number of rotatable bonds is 13. The molecule has 1 heterocycles. The van der Waals surface area contributed by atoms with Gasteiger partial charge in [0.1, 0.15) is 5.75 Å².